The summed E-state index contributed by atoms with van der Waals surface area (Å²) in [6, 6.07) is 8.82. The van der Waals surface area contributed by atoms with Crippen LogP contribution in [0.15, 0.2) is 36.4 Å². The highest BCUT2D eigenvalue weighted by Crippen LogP contribution is 2.27. The first kappa shape index (κ1) is 18.2. The standard InChI is InChI=1S/C17H17ClF2N2O2/c1-22(9-11-4-3-5-13(19)17(11)20)10-16(23)21-14-8-12(18)6-7-15(14)24-2/h3-8H,9-10H2,1-2H3,(H,21,23). The minimum Gasteiger partial charge on any atom is -0.495 e. The molecule has 0 aliphatic heterocycles. The summed E-state index contributed by atoms with van der Waals surface area (Å²) < 4.78 is 32.0. The zero-order valence-electron chi connectivity index (χ0n) is 13.3. The number of carbonyl (C=O) groups excluding carboxylic acids is 1. The second-order valence-corrected chi connectivity index (χ2v) is 5.71. The highest BCUT2D eigenvalue weighted by molar-refractivity contribution is 6.31. The Morgan fingerprint density at radius 1 is 1.29 bits per heavy atom. The first-order valence-electron chi connectivity index (χ1n) is 7.15. The van der Waals surface area contributed by atoms with Crippen molar-refractivity contribution < 1.29 is 18.3 Å². The van der Waals surface area contributed by atoms with Crippen molar-refractivity contribution in [2.24, 2.45) is 0 Å². The lowest BCUT2D eigenvalue weighted by atomic mass is 10.2. The summed E-state index contributed by atoms with van der Waals surface area (Å²) in [5, 5.41) is 3.15. The summed E-state index contributed by atoms with van der Waals surface area (Å²) in [6.07, 6.45) is 0. The predicted octanol–water partition coefficient (Wildman–Crippen LogP) is 3.70. The Morgan fingerprint density at radius 2 is 2.04 bits per heavy atom. The summed E-state index contributed by atoms with van der Waals surface area (Å²) in [5.74, 6) is -1.66. The van der Waals surface area contributed by atoms with E-state index in [1.165, 1.54) is 19.2 Å². The van der Waals surface area contributed by atoms with E-state index in [1.54, 1.807) is 30.1 Å². The van der Waals surface area contributed by atoms with Gasteiger partial charge in [-0.25, -0.2) is 8.78 Å². The van der Waals surface area contributed by atoms with Gasteiger partial charge >= 0.3 is 0 Å². The van der Waals surface area contributed by atoms with Crippen LogP contribution in [0.4, 0.5) is 14.5 Å². The number of hydrogen-bond acceptors (Lipinski definition) is 3. The molecule has 24 heavy (non-hydrogen) atoms. The summed E-state index contributed by atoms with van der Waals surface area (Å²) in [5.41, 5.74) is 0.631. The molecular weight excluding hydrogens is 338 g/mol. The number of nitrogens with one attached hydrogen (secondary N) is 1. The predicted molar refractivity (Wildman–Crippen MR) is 89.3 cm³/mol. The van der Waals surface area contributed by atoms with E-state index in [2.05, 4.69) is 5.32 Å². The number of rotatable bonds is 6. The normalized spacial score (nSPS) is 10.8. The molecule has 0 bridgehead atoms. The third-order valence-electron chi connectivity index (χ3n) is 3.32. The largest absolute Gasteiger partial charge is 0.495 e. The molecule has 1 amide bonds. The van der Waals surface area contributed by atoms with Crippen LogP contribution >= 0.6 is 11.6 Å². The first-order chi connectivity index (χ1) is 11.4. The quantitative estimate of drug-likeness (QED) is 0.860. The number of amides is 1. The van der Waals surface area contributed by atoms with Crippen molar-refractivity contribution in [3.8, 4) is 5.75 Å². The summed E-state index contributed by atoms with van der Waals surface area (Å²) in [7, 11) is 3.12. The van der Waals surface area contributed by atoms with Gasteiger partial charge in [-0.1, -0.05) is 23.7 Å². The van der Waals surface area contributed by atoms with Crippen molar-refractivity contribution in [2.75, 3.05) is 26.0 Å². The molecule has 128 valence electrons. The maximum absolute atomic E-state index is 13.7. The van der Waals surface area contributed by atoms with Crippen LogP contribution in [0.25, 0.3) is 0 Å². The second-order valence-electron chi connectivity index (χ2n) is 5.28. The summed E-state index contributed by atoms with van der Waals surface area (Å²) >= 11 is 5.91. The van der Waals surface area contributed by atoms with Crippen molar-refractivity contribution in [3.63, 3.8) is 0 Å². The molecule has 2 aromatic carbocycles. The van der Waals surface area contributed by atoms with Crippen molar-refractivity contribution in [2.45, 2.75) is 6.54 Å². The molecule has 0 saturated heterocycles. The monoisotopic (exact) mass is 354 g/mol. The molecule has 0 atom stereocenters. The van der Waals surface area contributed by atoms with Crippen molar-refractivity contribution >= 4 is 23.2 Å². The number of methoxy groups -OCH3 is 1. The fraction of sp³-hybridized carbons (Fsp3) is 0.235. The Balaban J connectivity index is 1.99. The first-order valence-corrected chi connectivity index (χ1v) is 7.53. The van der Waals surface area contributed by atoms with Gasteiger partial charge in [0.15, 0.2) is 11.6 Å². The zero-order chi connectivity index (χ0) is 17.7. The van der Waals surface area contributed by atoms with Crippen molar-refractivity contribution in [1.82, 2.24) is 4.90 Å². The Morgan fingerprint density at radius 3 is 2.75 bits per heavy atom. The number of anilines is 1. The smallest absolute Gasteiger partial charge is 0.238 e. The molecule has 0 heterocycles. The van der Waals surface area contributed by atoms with E-state index in [4.69, 9.17) is 16.3 Å². The fourth-order valence-corrected chi connectivity index (χ4v) is 2.40. The van der Waals surface area contributed by atoms with E-state index in [1.807, 2.05) is 0 Å². The van der Waals surface area contributed by atoms with Gasteiger partial charge in [-0.05, 0) is 31.3 Å². The number of hydrogen-bond donors (Lipinski definition) is 1. The minimum atomic E-state index is -0.908. The number of halogens is 3. The molecule has 0 aliphatic carbocycles. The van der Waals surface area contributed by atoms with Crippen LogP contribution < -0.4 is 10.1 Å². The van der Waals surface area contributed by atoms with Crippen LogP contribution in [-0.4, -0.2) is 31.5 Å². The van der Waals surface area contributed by atoms with E-state index in [9.17, 15) is 13.6 Å². The third-order valence-corrected chi connectivity index (χ3v) is 3.56. The highest BCUT2D eigenvalue weighted by Gasteiger charge is 2.14. The van der Waals surface area contributed by atoms with Gasteiger partial charge in [0, 0.05) is 17.1 Å². The zero-order valence-corrected chi connectivity index (χ0v) is 14.0. The lowest BCUT2D eigenvalue weighted by molar-refractivity contribution is -0.117. The fourth-order valence-electron chi connectivity index (χ4n) is 2.23. The maximum atomic E-state index is 13.7. The molecule has 0 fully saturated rings. The van der Waals surface area contributed by atoms with Crippen LogP contribution in [-0.2, 0) is 11.3 Å². The molecule has 7 heteroatoms. The SMILES string of the molecule is COc1ccc(Cl)cc1NC(=O)CN(C)Cc1cccc(F)c1F. The van der Waals surface area contributed by atoms with E-state index < -0.39 is 11.6 Å². The van der Waals surface area contributed by atoms with E-state index in [0.29, 0.717) is 16.5 Å². The molecule has 0 aliphatic rings. The minimum absolute atomic E-state index is 0.00831. The number of nitrogens with zero attached hydrogens (tertiary/aromatic N) is 1. The molecule has 0 aromatic heterocycles. The molecule has 2 aromatic rings. The average Bonchev–Trinajstić information content (AvgIpc) is 2.52. The summed E-state index contributed by atoms with van der Waals surface area (Å²) in [6.45, 7) is 0.0926. The van der Waals surface area contributed by atoms with Crippen LogP contribution in [0.3, 0.4) is 0 Å². The Kier molecular flexibility index (Phi) is 6.11. The molecule has 0 spiro atoms. The van der Waals surface area contributed by atoms with E-state index >= 15 is 0 Å². The maximum Gasteiger partial charge on any atom is 0.238 e. The molecular formula is C17H17ClF2N2O2. The van der Waals surface area contributed by atoms with Gasteiger partial charge in [0.25, 0.3) is 0 Å². The van der Waals surface area contributed by atoms with Crippen molar-refractivity contribution in [1.29, 1.82) is 0 Å². The lowest BCUT2D eigenvalue weighted by Gasteiger charge is -2.17. The summed E-state index contributed by atoms with van der Waals surface area (Å²) in [4.78, 5) is 13.7. The molecule has 4 nitrogen and oxygen atoms in total. The Hall–Kier alpha value is -2.18. The molecule has 0 unspecified atom stereocenters. The number of likely N-dealkylation sites (N-methyl/N-ethyl adjacent to an activating group) is 1. The van der Waals surface area contributed by atoms with Crippen LogP contribution in [0.1, 0.15) is 5.56 Å². The lowest BCUT2D eigenvalue weighted by Crippen LogP contribution is -2.30. The Labute approximate surface area is 144 Å². The van der Waals surface area contributed by atoms with E-state index in [0.717, 1.165) is 6.07 Å². The van der Waals surface area contributed by atoms with Gasteiger partial charge in [0.1, 0.15) is 5.75 Å². The second kappa shape index (κ2) is 8.08. The number of ether oxygens (including phenoxy) is 1. The molecule has 0 saturated carbocycles. The number of benzene rings is 2. The van der Waals surface area contributed by atoms with Crippen molar-refractivity contribution in [3.05, 3.63) is 58.6 Å². The van der Waals surface area contributed by atoms with Crippen LogP contribution in [0, 0.1) is 11.6 Å². The van der Waals surface area contributed by atoms with E-state index in [-0.39, 0.29) is 24.6 Å². The Bertz CT molecular complexity index is 741. The van der Waals surface area contributed by atoms with Crippen LogP contribution in [0.2, 0.25) is 5.02 Å². The molecule has 0 radical (unpaired) electrons. The van der Waals surface area contributed by atoms with Crippen LogP contribution in [0.5, 0.6) is 5.75 Å². The van der Waals surface area contributed by atoms with Gasteiger partial charge in [0.05, 0.1) is 19.3 Å². The average molecular weight is 355 g/mol. The van der Waals surface area contributed by atoms with Gasteiger partial charge in [0.2, 0.25) is 5.91 Å². The molecule has 1 N–H and O–H groups in total. The van der Waals surface area contributed by atoms with Gasteiger partial charge in [-0.2, -0.15) is 0 Å². The third kappa shape index (κ3) is 4.66. The highest BCUT2D eigenvalue weighted by atomic mass is 35.5. The number of carbonyl (C=O) groups is 1. The molecule has 2 rings (SSSR count). The van der Waals surface area contributed by atoms with Gasteiger partial charge < -0.3 is 10.1 Å². The van der Waals surface area contributed by atoms with Gasteiger partial charge in [-0.3, -0.25) is 9.69 Å². The van der Waals surface area contributed by atoms with Gasteiger partial charge in [-0.15, -0.1) is 0 Å². The topological polar surface area (TPSA) is 41.6 Å².